The maximum Gasteiger partial charge on any atom is 0.223 e. The van der Waals surface area contributed by atoms with E-state index in [-0.39, 0.29) is 24.1 Å². The van der Waals surface area contributed by atoms with Crippen molar-refractivity contribution < 1.29 is 23.1 Å². The molecule has 0 bridgehead atoms. The lowest BCUT2D eigenvalue weighted by Crippen LogP contribution is -2.63. The second-order valence-corrected chi connectivity index (χ2v) is 9.68. The SMILES string of the molecule is CS(=O)(=O)CCC(=O)N1CC[C@](O)(c2ccccc2)[C@H](N2CCOCC2)C1. The number of ether oxygens (including phenoxy) is 1. The minimum Gasteiger partial charge on any atom is -0.383 e. The third kappa shape index (κ3) is 4.87. The molecule has 3 rings (SSSR count). The molecule has 0 saturated carbocycles. The molecule has 2 saturated heterocycles. The standard InChI is InChI=1S/C19H28N2O5S/c1-27(24,25)14-7-18(22)21-9-8-19(23,16-5-3-2-4-6-16)17(15-21)20-10-12-26-13-11-20/h2-6,17,23H,7-15H2,1H3/t17-,19+/m1/s1. The molecule has 7 nitrogen and oxygen atoms in total. The van der Waals surface area contributed by atoms with E-state index in [1.807, 2.05) is 30.3 Å². The summed E-state index contributed by atoms with van der Waals surface area (Å²) in [6, 6.07) is 9.34. The maximum atomic E-state index is 12.6. The normalized spacial score (nSPS) is 27.5. The second-order valence-electron chi connectivity index (χ2n) is 7.42. The molecule has 2 fully saturated rings. The van der Waals surface area contributed by atoms with Gasteiger partial charge in [0.1, 0.15) is 15.4 Å². The molecule has 0 unspecified atom stereocenters. The molecule has 2 heterocycles. The van der Waals surface area contributed by atoms with Crippen LogP contribution in [0.1, 0.15) is 18.4 Å². The van der Waals surface area contributed by atoms with E-state index in [2.05, 4.69) is 4.90 Å². The summed E-state index contributed by atoms with van der Waals surface area (Å²) in [5.74, 6) is -0.318. The first-order valence-electron chi connectivity index (χ1n) is 9.35. The second kappa shape index (κ2) is 8.26. The molecule has 0 aliphatic carbocycles. The van der Waals surface area contributed by atoms with Crippen molar-refractivity contribution in [2.24, 2.45) is 0 Å². The summed E-state index contributed by atoms with van der Waals surface area (Å²) >= 11 is 0. The van der Waals surface area contributed by atoms with E-state index in [1.165, 1.54) is 0 Å². The quantitative estimate of drug-likeness (QED) is 0.767. The largest absolute Gasteiger partial charge is 0.383 e. The van der Waals surface area contributed by atoms with E-state index in [0.717, 1.165) is 11.8 Å². The fourth-order valence-corrected chi connectivity index (χ4v) is 4.50. The Morgan fingerprint density at radius 2 is 1.89 bits per heavy atom. The van der Waals surface area contributed by atoms with Crippen molar-refractivity contribution in [1.29, 1.82) is 0 Å². The molecule has 8 heteroatoms. The van der Waals surface area contributed by atoms with Gasteiger partial charge >= 0.3 is 0 Å². The third-order valence-electron chi connectivity index (χ3n) is 5.51. The van der Waals surface area contributed by atoms with E-state index < -0.39 is 15.4 Å². The van der Waals surface area contributed by atoms with Crippen LogP contribution < -0.4 is 0 Å². The molecular formula is C19H28N2O5S. The lowest BCUT2D eigenvalue weighted by atomic mass is 9.79. The lowest BCUT2D eigenvalue weighted by Gasteiger charge is -2.50. The van der Waals surface area contributed by atoms with Crippen molar-refractivity contribution in [1.82, 2.24) is 9.80 Å². The summed E-state index contributed by atoms with van der Waals surface area (Å²) in [5, 5.41) is 11.6. The topological polar surface area (TPSA) is 87.2 Å². The maximum absolute atomic E-state index is 12.6. The van der Waals surface area contributed by atoms with Crippen LogP contribution in [-0.2, 0) is 25.0 Å². The third-order valence-corrected chi connectivity index (χ3v) is 6.45. The van der Waals surface area contributed by atoms with E-state index in [4.69, 9.17) is 4.74 Å². The van der Waals surface area contributed by atoms with E-state index >= 15 is 0 Å². The molecule has 150 valence electrons. The summed E-state index contributed by atoms with van der Waals surface area (Å²) in [7, 11) is -3.18. The Hall–Kier alpha value is -1.48. The Kier molecular flexibility index (Phi) is 6.20. The van der Waals surface area contributed by atoms with Gasteiger partial charge in [-0.2, -0.15) is 0 Å². The van der Waals surface area contributed by atoms with Crippen LogP contribution in [0.2, 0.25) is 0 Å². The number of benzene rings is 1. The Morgan fingerprint density at radius 3 is 2.52 bits per heavy atom. The fraction of sp³-hybridized carbons (Fsp3) is 0.632. The summed E-state index contributed by atoms with van der Waals surface area (Å²) in [6.45, 7) is 3.39. The summed E-state index contributed by atoms with van der Waals surface area (Å²) in [5.41, 5.74) is -0.198. The minimum absolute atomic E-state index is 0.0154. The first kappa shape index (κ1) is 20.3. The van der Waals surface area contributed by atoms with Crippen molar-refractivity contribution in [2.75, 3.05) is 51.4 Å². The predicted molar refractivity (Wildman–Crippen MR) is 102 cm³/mol. The molecule has 0 radical (unpaired) electrons. The molecule has 0 spiro atoms. The van der Waals surface area contributed by atoms with Crippen LogP contribution in [0.5, 0.6) is 0 Å². The van der Waals surface area contributed by atoms with Gasteiger partial charge in [-0.15, -0.1) is 0 Å². The van der Waals surface area contributed by atoms with Gasteiger partial charge in [-0.05, 0) is 12.0 Å². The highest BCUT2D eigenvalue weighted by atomic mass is 32.2. The number of nitrogens with zero attached hydrogens (tertiary/aromatic N) is 2. The average molecular weight is 397 g/mol. The van der Waals surface area contributed by atoms with Gasteiger partial charge in [-0.1, -0.05) is 30.3 Å². The number of rotatable bonds is 5. The van der Waals surface area contributed by atoms with Gasteiger partial charge in [0.2, 0.25) is 5.91 Å². The number of hydrogen-bond acceptors (Lipinski definition) is 6. The van der Waals surface area contributed by atoms with Crippen molar-refractivity contribution in [2.45, 2.75) is 24.5 Å². The number of hydrogen-bond donors (Lipinski definition) is 1. The average Bonchev–Trinajstić information content (AvgIpc) is 2.67. The zero-order chi connectivity index (χ0) is 19.5. The zero-order valence-corrected chi connectivity index (χ0v) is 16.5. The van der Waals surface area contributed by atoms with Crippen LogP contribution in [0.4, 0.5) is 0 Å². The summed E-state index contributed by atoms with van der Waals surface area (Å²) in [6.07, 6.45) is 1.54. The Morgan fingerprint density at radius 1 is 1.22 bits per heavy atom. The van der Waals surface area contributed by atoms with Crippen molar-refractivity contribution >= 4 is 15.7 Å². The van der Waals surface area contributed by atoms with Gasteiger partial charge in [0.15, 0.2) is 0 Å². The molecule has 2 aliphatic heterocycles. The van der Waals surface area contributed by atoms with Crippen molar-refractivity contribution in [3.8, 4) is 0 Å². The number of aliphatic hydroxyl groups is 1. The molecule has 1 amide bonds. The van der Waals surface area contributed by atoms with Crippen LogP contribution in [-0.4, -0.2) is 86.7 Å². The van der Waals surface area contributed by atoms with Crippen LogP contribution in [0.25, 0.3) is 0 Å². The monoisotopic (exact) mass is 396 g/mol. The van der Waals surface area contributed by atoms with E-state index in [1.54, 1.807) is 4.90 Å². The summed E-state index contributed by atoms with van der Waals surface area (Å²) < 4.78 is 28.2. The van der Waals surface area contributed by atoms with Gasteiger partial charge in [-0.3, -0.25) is 9.69 Å². The first-order valence-corrected chi connectivity index (χ1v) is 11.4. The Bertz CT molecular complexity index is 749. The molecule has 2 aliphatic rings. The number of carbonyl (C=O) groups is 1. The van der Waals surface area contributed by atoms with Crippen LogP contribution >= 0.6 is 0 Å². The number of amides is 1. The van der Waals surface area contributed by atoms with Crippen LogP contribution in [0.15, 0.2) is 30.3 Å². The van der Waals surface area contributed by atoms with Crippen molar-refractivity contribution in [3.05, 3.63) is 35.9 Å². The Labute approximate surface area is 160 Å². The fourth-order valence-electron chi connectivity index (χ4n) is 3.95. The number of piperidine rings is 1. The van der Waals surface area contributed by atoms with E-state index in [9.17, 15) is 18.3 Å². The highest BCUT2D eigenvalue weighted by Crippen LogP contribution is 2.36. The molecule has 1 N–H and O–H groups in total. The van der Waals surface area contributed by atoms with Gasteiger partial charge < -0.3 is 14.7 Å². The number of morpholine rings is 1. The first-order chi connectivity index (χ1) is 12.8. The summed E-state index contributed by atoms with van der Waals surface area (Å²) in [4.78, 5) is 16.4. The Balaban J connectivity index is 1.80. The molecular weight excluding hydrogens is 368 g/mol. The molecule has 0 aromatic heterocycles. The lowest BCUT2D eigenvalue weighted by molar-refractivity contribution is -0.147. The van der Waals surface area contributed by atoms with Gasteiger partial charge in [0.05, 0.1) is 25.0 Å². The molecule has 27 heavy (non-hydrogen) atoms. The van der Waals surface area contributed by atoms with Gasteiger partial charge in [-0.25, -0.2) is 8.42 Å². The number of sulfone groups is 1. The van der Waals surface area contributed by atoms with Crippen LogP contribution in [0.3, 0.4) is 0 Å². The number of likely N-dealkylation sites (tertiary alicyclic amines) is 1. The highest BCUT2D eigenvalue weighted by molar-refractivity contribution is 7.90. The van der Waals surface area contributed by atoms with E-state index in [0.29, 0.717) is 45.8 Å². The highest BCUT2D eigenvalue weighted by Gasteiger charge is 2.46. The number of carbonyl (C=O) groups excluding carboxylic acids is 1. The zero-order valence-electron chi connectivity index (χ0n) is 15.7. The van der Waals surface area contributed by atoms with Crippen LogP contribution in [0, 0.1) is 0 Å². The molecule has 2 atom stereocenters. The van der Waals surface area contributed by atoms with Crippen molar-refractivity contribution in [3.63, 3.8) is 0 Å². The van der Waals surface area contributed by atoms with Gasteiger partial charge in [0.25, 0.3) is 0 Å². The molecule has 1 aromatic rings. The smallest absolute Gasteiger partial charge is 0.223 e. The predicted octanol–water partition coefficient (Wildman–Crippen LogP) is 0.242. The minimum atomic E-state index is -3.18. The van der Waals surface area contributed by atoms with Gasteiger partial charge in [0, 0.05) is 38.9 Å². The molecule has 1 aromatic carbocycles.